The first-order valence-corrected chi connectivity index (χ1v) is 11.6. The van der Waals surface area contributed by atoms with Crippen molar-refractivity contribution in [1.29, 1.82) is 0 Å². The Morgan fingerprint density at radius 2 is 1.94 bits per heavy atom. The van der Waals surface area contributed by atoms with Gasteiger partial charge in [0.25, 0.3) is 5.56 Å². The normalized spacial score (nSPS) is 11.0. The van der Waals surface area contributed by atoms with E-state index in [0.717, 1.165) is 4.90 Å². The minimum absolute atomic E-state index is 0.0402. The van der Waals surface area contributed by atoms with Gasteiger partial charge in [0.15, 0.2) is 0 Å². The highest BCUT2D eigenvalue weighted by Crippen LogP contribution is 2.27. The predicted molar refractivity (Wildman–Crippen MR) is 131 cm³/mol. The van der Waals surface area contributed by atoms with Crippen molar-refractivity contribution < 1.29 is 9.18 Å². The van der Waals surface area contributed by atoms with Crippen LogP contribution in [0.5, 0.6) is 0 Å². The molecule has 1 aromatic heterocycles. The van der Waals surface area contributed by atoms with Gasteiger partial charge < -0.3 is 5.32 Å². The molecule has 0 saturated carbocycles. The minimum Gasteiger partial charge on any atom is -0.324 e. The molecular formula is C23H16BrClFN3O2S. The van der Waals surface area contributed by atoms with E-state index in [1.54, 1.807) is 43.3 Å². The first-order chi connectivity index (χ1) is 15.3. The Labute approximate surface area is 200 Å². The van der Waals surface area contributed by atoms with Crippen molar-refractivity contribution in [2.75, 3.05) is 11.1 Å². The molecule has 1 N–H and O–H groups in total. The largest absolute Gasteiger partial charge is 0.324 e. The van der Waals surface area contributed by atoms with Gasteiger partial charge in [0.05, 0.1) is 22.6 Å². The third kappa shape index (κ3) is 4.72. The van der Waals surface area contributed by atoms with Crippen molar-refractivity contribution in [1.82, 2.24) is 9.55 Å². The van der Waals surface area contributed by atoms with Crippen LogP contribution in [0.3, 0.4) is 0 Å². The van der Waals surface area contributed by atoms with Gasteiger partial charge in [-0.05, 0) is 77.5 Å². The second-order valence-corrected chi connectivity index (χ2v) is 9.23. The lowest BCUT2D eigenvalue weighted by atomic mass is 10.2. The molecule has 0 saturated heterocycles. The molecular weight excluding hydrogens is 517 g/mol. The lowest BCUT2D eigenvalue weighted by molar-refractivity contribution is -0.113. The number of nitrogens with one attached hydrogen (secondary N) is 1. The molecule has 1 heterocycles. The number of aromatic nitrogens is 2. The fourth-order valence-electron chi connectivity index (χ4n) is 3.22. The Bertz CT molecular complexity index is 1390. The molecule has 3 aromatic carbocycles. The van der Waals surface area contributed by atoms with Crippen LogP contribution in [-0.4, -0.2) is 21.2 Å². The summed E-state index contributed by atoms with van der Waals surface area (Å²) in [5.74, 6) is -0.0973. The maximum Gasteiger partial charge on any atom is 0.268 e. The minimum atomic E-state index is -0.598. The molecule has 0 atom stereocenters. The van der Waals surface area contributed by atoms with Crippen molar-refractivity contribution in [3.05, 3.63) is 92.2 Å². The van der Waals surface area contributed by atoms with E-state index in [0.29, 0.717) is 32.2 Å². The van der Waals surface area contributed by atoms with Crippen LogP contribution in [0.25, 0.3) is 16.6 Å². The molecule has 1 amide bonds. The van der Waals surface area contributed by atoms with Gasteiger partial charge in [0.1, 0.15) is 17.0 Å². The van der Waals surface area contributed by atoms with E-state index in [-0.39, 0.29) is 17.0 Å². The zero-order valence-corrected chi connectivity index (χ0v) is 19.9. The number of anilines is 1. The van der Waals surface area contributed by atoms with Gasteiger partial charge in [-0.15, -0.1) is 11.8 Å². The zero-order valence-electron chi connectivity index (χ0n) is 16.7. The van der Waals surface area contributed by atoms with Crippen molar-refractivity contribution in [2.45, 2.75) is 11.8 Å². The SMILES string of the molecule is Cc1nc2cccc(F)c2c(=O)n1-c1ccc(SCC(=O)Nc2ccc(Cl)cc2Br)cc1. The summed E-state index contributed by atoms with van der Waals surface area (Å²) in [6.45, 7) is 1.70. The highest BCUT2D eigenvalue weighted by atomic mass is 79.9. The standard InChI is InChI=1S/C23H16BrClFN3O2S/c1-13-27-20-4-2-3-18(26)22(20)23(31)29(13)15-6-8-16(9-7-15)32-12-21(30)28-19-10-5-14(25)11-17(19)24/h2-11H,12H2,1H3,(H,28,30). The number of amides is 1. The molecule has 4 rings (SSSR count). The third-order valence-electron chi connectivity index (χ3n) is 4.68. The number of aryl methyl sites for hydroxylation is 1. The molecule has 9 heteroatoms. The van der Waals surface area contributed by atoms with E-state index in [4.69, 9.17) is 11.6 Å². The number of hydrogen-bond donors (Lipinski definition) is 1. The molecule has 0 aliphatic rings. The lowest BCUT2D eigenvalue weighted by Gasteiger charge is -2.12. The summed E-state index contributed by atoms with van der Waals surface area (Å²) in [4.78, 5) is 30.4. The van der Waals surface area contributed by atoms with Gasteiger partial charge in [-0.25, -0.2) is 9.37 Å². The number of rotatable bonds is 5. The molecule has 0 fully saturated rings. The topological polar surface area (TPSA) is 64.0 Å². The van der Waals surface area contributed by atoms with Crippen LogP contribution < -0.4 is 10.9 Å². The molecule has 5 nitrogen and oxygen atoms in total. The van der Waals surface area contributed by atoms with E-state index in [1.807, 2.05) is 12.1 Å². The second kappa shape index (κ2) is 9.44. The molecule has 0 aliphatic carbocycles. The summed E-state index contributed by atoms with van der Waals surface area (Å²) >= 11 is 10.6. The van der Waals surface area contributed by atoms with Crippen LogP contribution >= 0.6 is 39.3 Å². The Morgan fingerprint density at radius 1 is 1.19 bits per heavy atom. The summed E-state index contributed by atoms with van der Waals surface area (Å²) in [5.41, 5.74) is 1.08. The predicted octanol–water partition coefficient (Wildman–Crippen LogP) is 5.98. The Balaban J connectivity index is 1.50. The quantitative estimate of drug-likeness (QED) is 0.321. The molecule has 0 aliphatic heterocycles. The highest BCUT2D eigenvalue weighted by Gasteiger charge is 2.13. The van der Waals surface area contributed by atoms with Crippen molar-refractivity contribution in [3.63, 3.8) is 0 Å². The Kier molecular flexibility index (Phi) is 6.64. The number of thioether (sulfide) groups is 1. The second-order valence-electron chi connectivity index (χ2n) is 6.89. The van der Waals surface area contributed by atoms with Crippen molar-refractivity contribution in [2.24, 2.45) is 0 Å². The first-order valence-electron chi connectivity index (χ1n) is 9.49. The van der Waals surface area contributed by atoms with Crippen LogP contribution in [0, 0.1) is 12.7 Å². The first kappa shape index (κ1) is 22.5. The molecule has 32 heavy (non-hydrogen) atoms. The van der Waals surface area contributed by atoms with E-state index in [1.165, 1.54) is 28.5 Å². The van der Waals surface area contributed by atoms with Crippen LogP contribution in [0.15, 0.2) is 74.8 Å². The van der Waals surface area contributed by atoms with E-state index in [2.05, 4.69) is 26.2 Å². The smallest absolute Gasteiger partial charge is 0.268 e. The van der Waals surface area contributed by atoms with E-state index in [9.17, 15) is 14.0 Å². The van der Waals surface area contributed by atoms with Crippen LogP contribution in [-0.2, 0) is 4.79 Å². The van der Waals surface area contributed by atoms with Crippen molar-refractivity contribution >= 4 is 61.8 Å². The Morgan fingerprint density at radius 3 is 2.66 bits per heavy atom. The summed E-state index contributed by atoms with van der Waals surface area (Å²) < 4.78 is 16.3. The molecule has 0 bridgehead atoms. The fourth-order valence-corrected chi connectivity index (χ4v) is 4.70. The maximum absolute atomic E-state index is 14.2. The summed E-state index contributed by atoms with van der Waals surface area (Å²) in [5, 5.41) is 3.36. The van der Waals surface area contributed by atoms with Crippen LogP contribution in [0.1, 0.15) is 5.82 Å². The third-order valence-corrected chi connectivity index (χ3v) is 6.59. The van der Waals surface area contributed by atoms with Gasteiger partial charge in [0.2, 0.25) is 5.91 Å². The van der Waals surface area contributed by atoms with Gasteiger partial charge >= 0.3 is 0 Å². The van der Waals surface area contributed by atoms with Crippen LogP contribution in [0.2, 0.25) is 5.02 Å². The number of fused-ring (bicyclic) bond motifs is 1. The Hall–Kier alpha value is -2.68. The highest BCUT2D eigenvalue weighted by molar-refractivity contribution is 9.10. The van der Waals surface area contributed by atoms with Crippen LogP contribution in [0.4, 0.5) is 10.1 Å². The summed E-state index contributed by atoms with van der Waals surface area (Å²) in [6.07, 6.45) is 0. The lowest BCUT2D eigenvalue weighted by Crippen LogP contribution is -2.23. The molecule has 4 aromatic rings. The number of benzene rings is 3. The number of carbonyl (C=O) groups excluding carboxylic acids is 1. The number of carbonyl (C=O) groups is 1. The molecule has 0 radical (unpaired) electrons. The summed E-state index contributed by atoms with van der Waals surface area (Å²) in [6, 6.07) is 16.6. The maximum atomic E-state index is 14.2. The van der Waals surface area contributed by atoms with Gasteiger partial charge in [-0.1, -0.05) is 17.7 Å². The average Bonchev–Trinajstić information content (AvgIpc) is 2.75. The zero-order chi connectivity index (χ0) is 22.8. The molecule has 0 spiro atoms. The fraction of sp³-hybridized carbons (Fsp3) is 0.0870. The summed E-state index contributed by atoms with van der Waals surface area (Å²) in [7, 11) is 0. The molecule has 162 valence electrons. The number of nitrogens with zero attached hydrogens (tertiary/aromatic N) is 2. The van der Waals surface area contributed by atoms with Crippen molar-refractivity contribution in [3.8, 4) is 5.69 Å². The monoisotopic (exact) mass is 531 g/mol. The van der Waals surface area contributed by atoms with Gasteiger partial charge in [0, 0.05) is 14.4 Å². The van der Waals surface area contributed by atoms with E-state index >= 15 is 0 Å². The van der Waals surface area contributed by atoms with E-state index < -0.39 is 11.4 Å². The number of hydrogen-bond acceptors (Lipinski definition) is 4. The number of halogens is 3. The van der Waals surface area contributed by atoms with Gasteiger partial charge in [-0.2, -0.15) is 0 Å². The molecule has 0 unspecified atom stereocenters. The van der Waals surface area contributed by atoms with Gasteiger partial charge in [-0.3, -0.25) is 14.2 Å². The average molecular weight is 533 g/mol.